The molecule has 1 aliphatic heterocycles. The van der Waals surface area contributed by atoms with Gasteiger partial charge in [-0.25, -0.2) is 0 Å². The van der Waals surface area contributed by atoms with Gasteiger partial charge in [-0.15, -0.1) is 0 Å². The van der Waals surface area contributed by atoms with Gasteiger partial charge in [0.15, 0.2) is 0 Å². The second kappa shape index (κ2) is 7.03. The van der Waals surface area contributed by atoms with Crippen LogP contribution in [0.25, 0.3) is 0 Å². The molecule has 0 amide bonds. The second-order valence-corrected chi connectivity index (χ2v) is 6.74. The number of ether oxygens (including phenoxy) is 2. The van der Waals surface area contributed by atoms with Crippen molar-refractivity contribution in [3.8, 4) is 5.75 Å². The van der Waals surface area contributed by atoms with E-state index in [1.54, 1.807) is 14.0 Å². The highest BCUT2D eigenvalue weighted by Gasteiger charge is 2.51. The fourth-order valence-corrected chi connectivity index (χ4v) is 2.34. The summed E-state index contributed by atoms with van der Waals surface area (Å²) in [6, 6.07) is 5.58. The lowest BCUT2D eigenvalue weighted by Gasteiger charge is -2.32. The summed E-state index contributed by atoms with van der Waals surface area (Å²) in [4.78, 5) is 11.5. The number of nitrogens with one attached hydrogen (secondary N) is 1. The predicted octanol–water partition coefficient (Wildman–Crippen LogP) is 1.97. The third-order valence-corrected chi connectivity index (χ3v) is 4.43. The number of benzene rings is 1. The number of rotatable bonds is 6. The largest absolute Gasteiger partial charge is 0.497 e. The Balaban J connectivity index is 2.19. The minimum Gasteiger partial charge on any atom is -0.497 e. The minimum atomic E-state index is -0.492. The van der Waals surface area contributed by atoms with Crippen molar-refractivity contribution in [2.75, 3.05) is 25.6 Å². The van der Waals surface area contributed by atoms with Crippen molar-refractivity contribution in [1.82, 2.24) is 0 Å². The molecule has 0 radical (unpaired) electrons. The number of methoxy groups -OCH3 is 1. The van der Waals surface area contributed by atoms with E-state index in [0.29, 0.717) is 12.4 Å². The Kier molecular flexibility index (Phi) is 5.45. The van der Waals surface area contributed by atoms with Crippen LogP contribution >= 0.6 is 0 Å². The van der Waals surface area contributed by atoms with Crippen LogP contribution in [0.5, 0.6) is 5.75 Å². The van der Waals surface area contributed by atoms with Gasteiger partial charge < -0.3 is 24.1 Å². The molecule has 132 valence electrons. The molecule has 1 N–H and O–H groups in total. The summed E-state index contributed by atoms with van der Waals surface area (Å²) in [6.45, 7) is 10.3. The maximum atomic E-state index is 11.5. The van der Waals surface area contributed by atoms with E-state index in [9.17, 15) is 4.79 Å². The molecule has 0 saturated carbocycles. The Bertz CT molecular complexity index is 587. The van der Waals surface area contributed by atoms with Gasteiger partial charge >= 0.3 is 13.1 Å². The number of carbonyl (C=O) groups is 1. The number of esters is 1. The zero-order valence-corrected chi connectivity index (χ0v) is 15.3. The Morgan fingerprint density at radius 3 is 2.33 bits per heavy atom. The van der Waals surface area contributed by atoms with Crippen LogP contribution in [0.2, 0.25) is 0 Å². The van der Waals surface area contributed by atoms with Crippen LogP contribution in [-0.2, 0) is 18.8 Å². The van der Waals surface area contributed by atoms with Crippen molar-refractivity contribution in [3.63, 3.8) is 0 Å². The Morgan fingerprint density at radius 2 is 1.79 bits per heavy atom. The van der Waals surface area contributed by atoms with Crippen LogP contribution in [0.3, 0.4) is 0 Å². The fourth-order valence-electron chi connectivity index (χ4n) is 2.34. The zero-order valence-electron chi connectivity index (χ0n) is 15.3. The highest BCUT2D eigenvalue weighted by Crippen LogP contribution is 2.36. The summed E-state index contributed by atoms with van der Waals surface area (Å²) in [7, 11) is 1.10. The van der Waals surface area contributed by atoms with E-state index in [1.165, 1.54) is 0 Å². The molecule has 1 aromatic rings. The quantitative estimate of drug-likeness (QED) is 0.633. The topological polar surface area (TPSA) is 66.0 Å². The average Bonchev–Trinajstić information content (AvgIpc) is 2.73. The lowest BCUT2D eigenvalue weighted by molar-refractivity contribution is -0.140. The van der Waals surface area contributed by atoms with Crippen LogP contribution in [0.4, 0.5) is 5.69 Å². The molecule has 6 nitrogen and oxygen atoms in total. The van der Waals surface area contributed by atoms with Gasteiger partial charge in [0.05, 0.1) is 24.9 Å². The van der Waals surface area contributed by atoms with Crippen molar-refractivity contribution in [2.45, 2.75) is 45.8 Å². The smallest absolute Gasteiger partial charge is 0.495 e. The Labute approximate surface area is 143 Å². The van der Waals surface area contributed by atoms with Gasteiger partial charge in [0.2, 0.25) is 0 Å². The standard InChI is InChI=1S/C17H26BNO5/c1-7-22-15(20)11-19-13-8-12(9-14(10-13)21-6)18-23-16(2,3)17(4,5)24-18/h8-10,19H,7,11H2,1-6H3. The fraction of sp³-hybridized carbons (Fsp3) is 0.588. The van der Waals surface area contributed by atoms with E-state index in [0.717, 1.165) is 11.2 Å². The molecule has 0 unspecified atom stereocenters. The molecule has 2 rings (SSSR count). The lowest BCUT2D eigenvalue weighted by Crippen LogP contribution is -2.41. The summed E-state index contributed by atoms with van der Waals surface area (Å²) >= 11 is 0. The van der Waals surface area contributed by atoms with Crippen molar-refractivity contribution >= 4 is 24.2 Å². The SMILES string of the molecule is CCOC(=O)CNc1cc(OC)cc(B2OC(C)(C)C(C)(C)O2)c1. The van der Waals surface area contributed by atoms with E-state index < -0.39 is 18.3 Å². The molecule has 1 aliphatic rings. The van der Waals surface area contributed by atoms with Crippen LogP contribution in [-0.4, -0.2) is 44.6 Å². The van der Waals surface area contributed by atoms with Crippen LogP contribution in [0.1, 0.15) is 34.6 Å². The van der Waals surface area contributed by atoms with Crippen molar-refractivity contribution < 1.29 is 23.6 Å². The molecule has 24 heavy (non-hydrogen) atoms. The molecule has 0 bridgehead atoms. The highest BCUT2D eigenvalue weighted by molar-refractivity contribution is 6.62. The summed E-state index contributed by atoms with van der Waals surface area (Å²) in [5.74, 6) is 0.353. The second-order valence-electron chi connectivity index (χ2n) is 6.74. The first kappa shape index (κ1) is 18.6. The first-order valence-corrected chi connectivity index (χ1v) is 8.12. The van der Waals surface area contributed by atoms with Gasteiger partial charge in [-0.1, -0.05) is 0 Å². The Hall–Kier alpha value is -1.73. The molecular formula is C17H26BNO5. The van der Waals surface area contributed by atoms with Crippen molar-refractivity contribution in [3.05, 3.63) is 18.2 Å². The van der Waals surface area contributed by atoms with Gasteiger partial charge in [0.25, 0.3) is 0 Å². The molecule has 0 spiro atoms. The van der Waals surface area contributed by atoms with Crippen molar-refractivity contribution in [2.24, 2.45) is 0 Å². The first-order valence-electron chi connectivity index (χ1n) is 8.12. The van der Waals surface area contributed by atoms with Gasteiger partial charge in [-0.2, -0.15) is 0 Å². The molecule has 1 aromatic carbocycles. The normalized spacial score (nSPS) is 18.3. The molecule has 1 fully saturated rings. The molecule has 1 heterocycles. The summed E-state index contributed by atoms with van der Waals surface area (Å²) in [5, 5.41) is 3.04. The monoisotopic (exact) mass is 335 g/mol. The van der Waals surface area contributed by atoms with E-state index in [4.69, 9.17) is 18.8 Å². The van der Waals surface area contributed by atoms with E-state index >= 15 is 0 Å². The zero-order chi connectivity index (χ0) is 18.0. The maximum absolute atomic E-state index is 11.5. The molecule has 0 aromatic heterocycles. The van der Waals surface area contributed by atoms with Crippen LogP contribution in [0.15, 0.2) is 18.2 Å². The van der Waals surface area contributed by atoms with Gasteiger partial charge in [0, 0.05) is 11.8 Å². The predicted molar refractivity (Wildman–Crippen MR) is 93.8 cm³/mol. The number of hydrogen-bond donors (Lipinski definition) is 1. The average molecular weight is 335 g/mol. The summed E-state index contributed by atoms with van der Waals surface area (Å²) in [6.07, 6.45) is 0. The van der Waals surface area contributed by atoms with E-state index in [-0.39, 0.29) is 12.5 Å². The molecule has 1 saturated heterocycles. The highest BCUT2D eigenvalue weighted by atomic mass is 16.7. The molecule has 0 atom stereocenters. The molecule has 0 aliphatic carbocycles. The van der Waals surface area contributed by atoms with Gasteiger partial charge in [0.1, 0.15) is 12.3 Å². The van der Waals surface area contributed by atoms with Crippen LogP contribution in [0, 0.1) is 0 Å². The number of anilines is 1. The minimum absolute atomic E-state index is 0.0871. The third-order valence-electron chi connectivity index (χ3n) is 4.43. The van der Waals surface area contributed by atoms with Crippen molar-refractivity contribution in [1.29, 1.82) is 0 Å². The first-order chi connectivity index (χ1) is 11.2. The number of carbonyl (C=O) groups excluding carboxylic acids is 1. The van der Waals surface area contributed by atoms with Gasteiger partial charge in [-0.05, 0) is 52.2 Å². The van der Waals surface area contributed by atoms with Gasteiger partial charge in [-0.3, -0.25) is 4.79 Å². The van der Waals surface area contributed by atoms with E-state index in [1.807, 2.05) is 45.9 Å². The molecular weight excluding hydrogens is 309 g/mol. The lowest BCUT2D eigenvalue weighted by atomic mass is 9.78. The van der Waals surface area contributed by atoms with E-state index in [2.05, 4.69) is 5.32 Å². The third kappa shape index (κ3) is 4.02. The van der Waals surface area contributed by atoms with Crippen LogP contribution < -0.4 is 15.5 Å². The summed E-state index contributed by atoms with van der Waals surface area (Å²) in [5.41, 5.74) is 0.741. The summed E-state index contributed by atoms with van der Waals surface area (Å²) < 4.78 is 22.4. The molecule has 7 heteroatoms. The Morgan fingerprint density at radius 1 is 1.17 bits per heavy atom. The number of hydrogen-bond acceptors (Lipinski definition) is 6. The maximum Gasteiger partial charge on any atom is 0.495 e.